The summed E-state index contributed by atoms with van der Waals surface area (Å²) >= 11 is 0. The van der Waals surface area contributed by atoms with Crippen molar-refractivity contribution in [3.05, 3.63) is 66.2 Å². The third-order valence-corrected chi connectivity index (χ3v) is 4.41. The average Bonchev–Trinajstić information content (AvgIpc) is 2.50. The van der Waals surface area contributed by atoms with Gasteiger partial charge in [0.15, 0.2) is 0 Å². The molecule has 0 amide bonds. The van der Waals surface area contributed by atoms with Gasteiger partial charge in [-0.15, -0.1) is 0 Å². The molecule has 4 nitrogen and oxygen atoms in total. The lowest BCUT2D eigenvalue weighted by molar-refractivity contribution is 0.107. The fourth-order valence-corrected chi connectivity index (χ4v) is 2.93. The molecule has 0 aromatic heterocycles. The SMILES string of the molecule is COC(CNS(=O)(=O)c1ccccc1)c1ccccc1. The highest BCUT2D eigenvalue weighted by atomic mass is 32.2. The third kappa shape index (κ3) is 3.66. The standard InChI is InChI=1S/C15H17NO3S/c1-19-15(13-8-4-2-5-9-13)12-16-20(17,18)14-10-6-3-7-11-14/h2-11,15-16H,12H2,1H3. The van der Waals surface area contributed by atoms with E-state index in [1.165, 1.54) is 0 Å². The minimum atomic E-state index is -3.50. The first-order valence-corrected chi connectivity index (χ1v) is 7.74. The van der Waals surface area contributed by atoms with Crippen LogP contribution in [0.25, 0.3) is 0 Å². The number of benzene rings is 2. The topological polar surface area (TPSA) is 55.4 Å². The van der Waals surface area contributed by atoms with Crippen molar-refractivity contribution in [1.29, 1.82) is 0 Å². The van der Waals surface area contributed by atoms with Crippen molar-refractivity contribution in [3.63, 3.8) is 0 Å². The van der Waals surface area contributed by atoms with Gasteiger partial charge in [0, 0.05) is 13.7 Å². The second kappa shape index (κ2) is 6.65. The van der Waals surface area contributed by atoms with Crippen LogP contribution in [0.5, 0.6) is 0 Å². The van der Waals surface area contributed by atoms with Crippen LogP contribution in [-0.2, 0) is 14.8 Å². The molecule has 0 bridgehead atoms. The van der Waals surface area contributed by atoms with Crippen LogP contribution in [0.3, 0.4) is 0 Å². The molecular formula is C15H17NO3S. The van der Waals surface area contributed by atoms with E-state index in [4.69, 9.17) is 4.74 Å². The predicted molar refractivity (Wildman–Crippen MR) is 77.8 cm³/mol. The van der Waals surface area contributed by atoms with E-state index in [9.17, 15) is 8.42 Å². The molecule has 0 saturated carbocycles. The van der Waals surface area contributed by atoms with Gasteiger partial charge in [0.2, 0.25) is 10.0 Å². The molecule has 0 aliphatic carbocycles. The Morgan fingerprint density at radius 1 is 1.00 bits per heavy atom. The Morgan fingerprint density at radius 3 is 2.10 bits per heavy atom. The van der Waals surface area contributed by atoms with Gasteiger partial charge in [-0.1, -0.05) is 48.5 Å². The van der Waals surface area contributed by atoms with Crippen molar-refractivity contribution in [1.82, 2.24) is 4.72 Å². The third-order valence-electron chi connectivity index (χ3n) is 2.97. The Morgan fingerprint density at radius 2 is 1.55 bits per heavy atom. The lowest BCUT2D eigenvalue weighted by atomic mass is 10.1. The van der Waals surface area contributed by atoms with Crippen molar-refractivity contribution in [3.8, 4) is 0 Å². The van der Waals surface area contributed by atoms with Crippen LogP contribution in [0.1, 0.15) is 11.7 Å². The highest BCUT2D eigenvalue weighted by molar-refractivity contribution is 7.89. The van der Waals surface area contributed by atoms with Crippen molar-refractivity contribution in [2.75, 3.05) is 13.7 Å². The van der Waals surface area contributed by atoms with Gasteiger partial charge in [-0.3, -0.25) is 0 Å². The molecule has 106 valence electrons. The van der Waals surface area contributed by atoms with Gasteiger partial charge in [0.1, 0.15) is 0 Å². The maximum atomic E-state index is 12.1. The van der Waals surface area contributed by atoms with Gasteiger partial charge in [-0.05, 0) is 17.7 Å². The fraction of sp³-hybridized carbons (Fsp3) is 0.200. The van der Waals surface area contributed by atoms with Crippen molar-refractivity contribution < 1.29 is 13.2 Å². The lowest BCUT2D eigenvalue weighted by Gasteiger charge is -2.16. The van der Waals surface area contributed by atoms with Gasteiger partial charge in [0.25, 0.3) is 0 Å². The molecule has 0 spiro atoms. The summed E-state index contributed by atoms with van der Waals surface area (Å²) in [6, 6.07) is 17.8. The van der Waals surface area contributed by atoms with Crippen molar-refractivity contribution >= 4 is 10.0 Å². The van der Waals surface area contributed by atoms with E-state index in [2.05, 4.69) is 4.72 Å². The molecule has 0 heterocycles. The van der Waals surface area contributed by atoms with Crippen molar-refractivity contribution in [2.45, 2.75) is 11.0 Å². The summed E-state index contributed by atoms with van der Waals surface area (Å²) in [5, 5.41) is 0. The first kappa shape index (κ1) is 14.7. The van der Waals surface area contributed by atoms with Crippen LogP contribution in [0, 0.1) is 0 Å². The van der Waals surface area contributed by atoms with E-state index in [1.807, 2.05) is 30.3 Å². The number of hydrogen-bond donors (Lipinski definition) is 1. The maximum absolute atomic E-state index is 12.1. The smallest absolute Gasteiger partial charge is 0.240 e. The highest BCUT2D eigenvalue weighted by Crippen LogP contribution is 2.16. The van der Waals surface area contributed by atoms with E-state index in [-0.39, 0.29) is 17.5 Å². The molecule has 1 N–H and O–H groups in total. The van der Waals surface area contributed by atoms with Crippen molar-refractivity contribution in [2.24, 2.45) is 0 Å². The quantitative estimate of drug-likeness (QED) is 0.889. The number of hydrogen-bond acceptors (Lipinski definition) is 3. The molecular weight excluding hydrogens is 274 g/mol. The largest absolute Gasteiger partial charge is 0.375 e. The molecule has 0 aliphatic rings. The predicted octanol–water partition coefficient (Wildman–Crippen LogP) is 2.35. The molecule has 2 aromatic rings. The molecule has 0 aliphatic heterocycles. The zero-order chi connectivity index (χ0) is 14.4. The summed E-state index contributed by atoms with van der Waals surface area (Å²) in [5.74, 6) is 0. The molecule has 1 atom stereocenters. The number of sulfonamides is 1. The van der Waals surface area contributed by atoms with E-state index in [0.717, 1.165) is 5.56 Å². The Labute approximate surface area is 119 Å². The summed E-state index contributed by atoms with van der Waals surface area (Å²) in [5.41, 5.74) is 0.936. The van der Waals surface area contributed by atoms with Crippen LogP contribution in [0.4, 0.5) is 0 Å². The van der Waals surface area contributed by atoms with E-state index in [0.29, 0.717) is 0 Å². The summed E-state index contributed by atoms with van der Waals surface area (Å²) in [4.78, 5) is 0.253. The summed E-state index contributed by atoms with van der Waals surface area (Å²) in [6.45, 7) is 0.192. The van der Waals surface area contributed by atoms with E-state index in [1.54, 1.807) is 37.4 Å². The zero-order valence-corrected chi connectivity index (χ0v) is 12.0. The van der Waals surface area contributed by atoms with Gasteiger partial charge in [0.05, 0.1) is 11.0 Å². The van der Waals surface area contributed by atoms with Crippen LogP contribution in [0.15, 0.2) is 65.6 Å². The molecule has 0 saturated heterocycles. The minimum absolute atomic E-state index is 0.192. The van der Waals surface area contributed by atoms with Gasteiger partial charge in [-0.25, -0.2) is 13.1 Å². The van der Waals surface area contributed by atoms with Gasteiger partial charge < -0.3 is 4.74 Å². The fourth-order valence-electron chi connectivity index (χ4n) is 1.87. The molecule has 0 radical (unpaired) electrons. The zero-order valence-electron chi connectivity index (χ0n) is 11.2. The Kier molecular flexibility index (Phi) is 4.89. The second-order valence-electron chi connectivity index (χ2n) is 4.30. The summed E-state index contributed by atoms with van der Waals surface area (Å²) < 4.78 is 32.1. The summed E-state index contributed by atoms with van der Waals surface area (Å²) in [7, 11) is -1.94. The number of ether oxygens (including phenoxy) is 1. The molecule has 5 heteroatoms. The van der Waals surface area contributed by atoms with Crippen LogP contribution >= 0.6 is 0 Å². The number of methoxy groups -OCH3 is 1. The van der Waals surface area contributed by atoms with Gasteiger partial charge in [-0.2, -0.15) is 0 Å². The Hall–Kier alpha value is -1.69. The first-order valence-electron chi connectivity index (χ1n) is 6.26. The van der Waals surface area contributed by atoms with Gasteiger partial charge >= 0.3 is 0 Å². The molecule has 0 fully saturated rings. The van der Waals surface area contributed by atoms with Crippen LogP contribution < -0.4 is 4.72 Å². The van der Waals surface area contributed by atoms with E-state index >= 15 is 0 Å². The van der Waals surface area contributed by atoms with E-state index < -0.39 is 10.0 Å². The van der Waals surface area contributed by atoms with Crippen LogP contribution in [0.2, 0.25) is 0 Å². The Balaban J connectivity index is 2.07. The number of rotatable bonds is 6. The lowest BCUT2D eigenvalue weighted by Crippen LogP contribution is -2.29. The second-order valence-corrected chi connectivity index (χ2v) is 6.07. The first-order chi connectivity index (χ1) is 9.63. The molecule has 2 rings (SSSR count). The molecule has 2 aromatic carbocycles. The normalized spacial score (nSPS) is 13.1. The highest BCUT2D eigenvalue weighted by Gasteiger charge is 2.17. The Bertz CT molecular complexity index is 627. The summed E-state index contributed by atoms with van der Waals surface area (Å²) in [6.07, 6.45) is -0.310. The van der Waals surface area contributed by atoms with Crippen LogP contribution in [-0.4, -0.2) is 22.1 Å². The minimum Gasteiger partial charge on any atom is -0.375 e. The number of nitrogens with one attached hydrogen (secondary N) is 1. The maximum Gasteiger partial charge on any atom is 0.240 e. The average molecular weight is 291 g/mol. The molecule has 1 unspecified atom stereocenters. The monoisotopic (exact) mass is 291 g/mol. The molecule has 20 heavy (non-hydrogen) atoms.